The maximum Gasteiger partial charge on any atom is 0.326 e. The molecule has 4 rings (SSSR count). The number of carboxylic acids is 1. The van der Waals surface area contributed by atoms with Crippen molar-refractivity contribution < 1.29 is 19.4 Å². The molecule has 1 saturated heterocycles. The highest BCUT2D eigenvalue weighted by Gasteiger charge is 2.32. The van der Waals surface area contributed by atoms with Gasteiger partial charge in [0.25, 0.3) is 5.91 Å². The van der Waals surface area contributed by atoms with Crippen molar-refractivity contribution in [3.05, 3.63) is 95.1 Å². The van der Waals surface area contributed by atoms with E-state index in [0.717, 1.165) is 41.8 Å². The number of rotatable bonds is 14. The normalized spacial score (nSPS) is 17.8. The van der Waals surface area contributed by atoms with Gasteiger partial charge in [-0.25, -0.2) is 4.79 Å². The van der Waals surface area contributed by atoms with Crippen molar-refractivity contribution in [3.8, 4) is 11.1 Å². The Bertz CT molecular complexity index is 1300. The molecule has 1 aliphatic heterocycles. The number of ether oxygens (including phenoxy) is 1. The lowest BCUT2D eigenvalue weighted by molar-refractivity contribution is -0.139. The van der Waals surface area contributed by atoms with Gasteiger partial charge in [-0.15, -0.1) is 0 Å². The Hall–Kier alpha value is -2.78. The smallest absolute Gasteiger partial charge is 0.326 e. The summed E-state index contributed by atoms with van der Waals surface area (Å²) in [5, 5.41) is 13.0. The predicted octanol–water partition coefficient (Wildman–Crippen LogP) is 6.12. The van der Waals surface area contributed by atoms with Crippen LogP contribution in [0.15, 0.2) is 72.8 Å². The summed E-state index contributed by atoms with van der Waals surface area (Å²) in [5.41, 5.74) is 5.64. The van der Waals surface area contributed by atoms with E-state index in [1.165, 1.54) is 5.56 Å². The highest BCUT2D eigenvalue weighted by Crippen LogP contribution is 2.32. The van der Waals surface area contributed by atoms with Crippen molar-refractivity contribution in [2.45, 2.75) is 50.3 Å². The minimum absolute atomic E-state index is 0.314. The molecule has 3 atom stereocenters. The Balaban J connectivity index is 1.55. The van der Waals surface area contributed by atoms with Gasteiger partial charge < -0.3 is 15.2 Å². The number of nitrogens with one attached hydrogen (secondary N) is 1. The molecule has 0 aromatic heterocycles. The highest BCUT2D eigenvalue weighted by atomic mass is 32.2. The molecule has 1 amide bonds. The van der Waals surface area contributed by atoms with E-state index in [4.69, 9.17) is 4.74 Å². The van der Waals surface area contributed by atoms with Crippen LogP contribution < -0.4 is 5.32 Å². The van der Waals surface area contributed by atoms with E-state index in [1.54, 1.807) is 11.8 Å². The lowest BCUT2D eigenvalue weighted by Crippen LogP contribution is -2.41. The largest absolute Gasteiger partial charge is 0.480 e. The third-order valence-corrected chi connectivity index (χ3v) is 9.26. The van der Waals surface area contributed by atoms with Gasteiger partial charge >= 0.3 is 5.97 Å². The molecule has 0 aliphatic carbocycles. The number of hydrogen-bond donors (Lipinski definition) is 2. The lowest BCUT2D eigenvalue weighted by Gasteiger charge is -2.25. The number of aryl methyl sites for hydroxylation is 1. The summed E-state index contributed by atoms with van der Waals surface area (Å²) in [6.07, 6.45) is 5.55. The number of carbonyl (C=O) groups excluding carboxylic acids is 1. The first-order valence-electron chi connectivity index (χ1n) is 14.0. The van der Waals surface area contributed by atoms with Crippen LogP contribution in [0, 0.1) is 6.92 Å². The fourth-order valence-electron chi connectivity index (χ4n) is 5.31. The summed E-state index contributed by atoms with van der Waals surface area (Å²) >= 11 is 3.47. The molecule has 1 fully saturated rings. The van der Waals surface area contributed by atoms with Gasteiger partial charge in [0, 0.05) is 29.9 Å². The van der Waals surface area contributed by atoms with Gasteiger partial charge in [-0.2, -0.15) is 23.5 Å². The zero-order valence-electron chi connectivity index (χ0n) is 24.0. The van der Waals surface area contributed by atoms with Crippen molar-refractivity contribution in [2.24, 2.45) is 0 Å². The number of carboxylic acid groups (broad SMARTS) is 1. The van der Waals surface area contributed by atoms with Crippen molar-refractivity contribution in [3.63, 3.8) is 0 Å². The summed E-state index contributed by atoms with van der Waals surface area (Å²) in [6.45, 7) is 5.04. The molecule has 0 saturated carbocycles. The van der Waals surface area contributed by atoms with Crippen molar-refractivity contribution in [1.82, 2.24) is 10.2 Å². The Morgan fingerprint density at radius 3 is 2.49 bits per heavy atom. The number of carbonyl (C=O) groups is 2. The van der Waals surface area contributed by atoms with Crippen LogP contribution in [-0.2, 0) is 22.7 Å². The third kappa shape index (κ3) is 8.61. The molecular formula is C33H40N2O4S2. The van der Waals surface area contributed by atoms with Crippen LogP contribution in [0.2, 0.25) is 0 Å². The van der Waals surface area contributed by atoms with Crippen LogP contribution in [0.3, 0.4) is 0 Å². The molecule has 6 nitrogen and oxygen atoms in total. The number of hydrogen-bond acceptors (Lipinski definition) is 6. The minimum atomic E-state index is -1.01. The molecular weight excluding hydrogens is 553 g/mol. The van der Waals surface area contributed by atoms with E-state index in [0.29, 0.717) is 42.2 Å². The van der Waals surface area contributed by atoms with Gasteiger partial charge in [0.05, 0.1) is 13.2 Å². The first kappa shape index (κ1) is 31.2. The molecule has 0 radical (unpaired) electrons. The fraction of sp³-hybridized carbons (Fsp3) is 0.394. The van der Waals surface area contributed by atoms with Gasteiger partial charge in [-0.3, -0.25) is 9.69 Å². The second-order valence-corrected chi connectivity index (χ2v) is 12.6. The molecule has 3 aromatic rings. The van der Waals surface area contributed by atoms with Gasteiger partial charge in [0.1, 0.15) is 6.04 Å². The van der Waals surface area contributed by atoms with Gasteiger partial charge in [0.15, 0.2) is 0 Å². The van der Waals surface area contributed by atoms with E-state index in [2.05, 4.69) is 34.7 Å². The Morgan fingerprint density at radius 1 is 1.02 bits per heavy atom. The molecule has 0 bridgehead atoms. The molecule has 1 heterocycles. The quantitative estimate of drug-likeness (QED) is 0.234. The Kier molecular flexibility index (Phi) is 11.7. The topological polar surface area (TPSA) is 78.9 Å². The number of likely N-dealkylation sites (tertiary alicyclic amines) is 1. The van der Waals surface area contributed by atoms with E-state index >= 15 is 0 Å². The molecule has 0 spiro atoms. The van der Waals surface area contributed by atoms with E-state index < -0.39 is 12.0 Å². The average Bonchev–Trinajstić information content (AvgIpc) is 3.37. The van der Waals surface area contributed by atoms with Crippen molar-refractivity contribution >= 4 is 35.4 Å². The summed E-state index contributed by atoms with van der Waals surface area (Å²) in [5.74, 6) is -0.720. The maximum atomic E-state index is 13.4. The molecule has 8 heteroatoms. The predicted molar refractivity (Wildman–Crippen MR) is 171 cm³/mol. The van der Waals surface area contributed by atoms with Gasteiger partial charge in [-0.1, -0.05) is 60.7 Å². The second-order valence-electron chi connectivity index (χ2n) is 10.5. The van der Waals surface area contributed by atoms with Crippen LogP contribution in [0.4, 0.5) is 0 Å². The summed E-state index contributed by atoms with van der Waals surface area (Å²) < 4.78 is 6.15. The number of thioether (sulfide) groups is 2. The minimum Gasteiger partial charge on any atom is -0.480 e. The van der Waals surface area contributed by atoms with Crippen molar-refractivity contribution in [1.29, 1.82) is 0 Å². The number of benzene rings is 3. The molecule has 0 unspecified atom stereocenters. The Morgan fingerprint density at radius 2 is 1.78 bits per heavy atom. The molecule has 218 valence electrons. The number of aliphatic carboxylic acids is 1. The summed E-state index contributed by atoms with van der Waals surface area (Å²) in [4.78, 5) is 27.8. The van der Waals surface area contributed by atoms with Gasteiger partial charge in [-0.05, 0) is 78.0 Å². The highest BCUT2D eigenvalue weighted by molar-refractivity contribution is 7.99. The second kappa shape index (κ2) is 15.4. The third-order valence-electron chi connectivity index (χ3n) is 7.61. The summed E-state index contributed by atoms with van der Waals surface area (Å²) in [6, 6.07) is 23.6. The molecule has 2 N–H and O–H groups in total. The summed E-state index contributed by atoms with van der Waals surface area (Å²) in [7, 11) is 0. The van der Waals surface area contributed by atoms with Crippen LogP contribution in [0.25, 0.3) is 11.1 Å². The molecule has 3 aromatic carbocycles. The van der Waals surface area contributed by atoms with Crippen molar-refractivity contribution in [2.75, 3.05) is 31.4 Å². The zero-order valence-corrected chi connectivity index (χ0v) is 25.7. The number of amides is 1. The number of nitrogens with zero attached hydrogens (tertiary/aromatic N) is 1. The SMILES string of the molecule is CSCC[C@H](NC(=O)c1ccc(CN2C[C@H](SC)C[C@H]2COCc2ccccc2)cc1-c1ccccc1C)C(=O)O. The van der Waals surface area contributed by atoms with Gasteiger partial charge in [0.2, 0.25) is 0 Å². The zero-order chi connectivity index (χ0) is 29.2. The van der Waals surface area contributed by atoms with E-state index in [9.17, 15) is 14.7 Å². The maximum absolute atomic E-state index is 13.4. The Labute approximate surface area is 252 Å². The van der Waals surface area contributed by atoms with Crippen LogP contribution in [0.5, 0.6) is 0 Å². The first-order chi connectivity index (χ1) is 19.9. The monoisotopic (exact) mass is 592 g/mol. The van der Waals surface area contributed by atoms with Crippen LogP contribution in [0.1, 0.15) is 39.9 Å². The van der Waals surface area contributed by atoms with Crippen LogP contribution in [-0.4, -0.2) is 70.6 Å². The fourth-order valence-corrected chi connectivity index (χ4v) is 6.54. The average molecular weight is 593 g/mol. The van der Waals surface area contributed by atoms with E-state index in [1.807, 2.05) is 79.5 Å². The van der Waals surface area contributed by atoms with E-state index in [-0.39, 0.29) is 5.91 Å². The lowest BCUT2D eigenvalue weighted by atomic mass is 9.93. The standard InChI is InChI=1S/C33H40N2O4S2/c1-23-9-7-8-12-28(23)30-17-25(13-14-29(30)32(36)34-31(33(37)38)15-16-40-2)19-35-20-27(41-3)18-26(35)22-39-21-24-10-5-4-6-11-24/h4-14,17,26-27,31H,15-16,18-22H2,1-3H3,(H,34,36)(H,37,38)/t26-,27+,31-/m0/s1. The first-order valence-corrected chi connectivity index (χ1v) is 16.7. The molecule has 1 aliphatic rings. The van der Waals surface area contributed by atoms with Crippen LogP contribution >= 0.6 is 23.5 Å². The molecule has 41 heavy (non-hydrogen) atoms.